The first kappa shape index (κ1) is 23.8. The molecule has 1 nitrogen and oxygen atoms in total. The van der Waals surface area contributed by atoms with Crippen molar-refractivity contribution >= 4 is 7.28 Å². The van der Waals surface area contributed by atoms with E-state index in [1.54, 1.807) is 0 Å². The number of rotatable bonds is 19. The average Bonchev–Trinajstić information content (AvgIpc) is 2.59. The lowest BCUT2D eigenvalue weighted by molar-refractivity contribution is 0.143. The quantitative estimate of drug-likeness (QED) is 0.138. The second-order valence-electron chi connectivity index (χ2n) is 7.48. The molecule has 0 aromatic carbocycles. The van der Waals surface area contributed by atoms with Gasteiger partial charge in [-0.25, -0.2) is 0 Å². The summed E-state index contributed by atoms with van der Waals surface area (Å²) in [6, 6.07) is 0. The van der Waals surface area contributed by atoms with E-state index >= 15 is 0 Å². The smallest absolute Gasteiger partial charge is 0.120 e. The Bertz CT molecular complexity index is 252. The lowest BCUT2D eigenvalue weighted by atomic mass is 9.79. The molecule has 0 saturated heterocycles. The molecule has 142 valence electrons. The van der Waals surface area contributed by atoms with Gasteiger partial charge in [0.2, 0.25) is 0 Å². The Kier molecular flexibility index (Phi) is 20.6. The molecule has 1 atom stereocenters. The molecular formula is C22H45BO. The first-order chi connectivity index (χ1) is 11.8. The molecule has 0 fully saturated rings. The molecule has 0 spiro atoms. The van der Waals surface area contributed by atoms with Gasteiger partial charge in [0.1, 0.15) is 7.28 Å². The van der Waals surface area contributed by atoms with Crippen LogP contribution in [0.5, 0.6) is 0 Å². The van der Waals surface area contributed by atoms with Gasteiger partial charge in [-0.05, 0) is 31.6 Å². The first-order valence-electron chi connectivity index (χ1n) is 11.1. The van der Waals surface area contributed by atoms with Crippen LogP contribution in [-0.4, -0.2) is 20.5 Å². The zero-order valence-corrected chi connectivity index (χ0v) is 17.2. The molecule has 2 heteroatoms. The van der Waals surface area contributed by atoms with E-state index in [0.29, 0.717) is 0 Å². The molecule has 0 aliphatic carbocycles. The standard InChI is InChI=1S/C22H45BO/c1-4-5-6-7-8-9-10-11-14-17-22(2)18-15-12-13-16-20-24-21-19-23-3/h14,17,22-23H,4-13,15-16,18-21H2,1-3H3/b17-14+. The minimum atomic E-state index is 0.760. The van der Waals surface area contributed by atoms with Gasteiger partial charge in [-0.2, -0.15) is 0 Å². The highest BCUT2D eigenvalue weighted by Crippen LogP contribution is 2.13. The van der Waals surface area contributed by atoms with E-state index in [9.17, 15) is 0 Å². The van der Waals surface area contributed by atoms with Crippen LogP contribution >= 0.6 is 0 Å². The second-order valence-corrected chi connectivity index (χ2v) is 7.48. The predicted molar refractivity (Wildman–Crippen MR) is 113 cm³/mol. The third-order valence-electron chi connectivity index (χ3n) is 4.78. The highest BCUT2D eigenvalue weighted by atomic mass is 16.5. The van der Waals surface area contributed by atoms with Crippen molar-refractivity contribution in [1.82, 2.24) is 0 Å². The molecule has 0 aliphatic heterocycles. The summed E-state index contributed by atoms with van der Waals surface area (Å²) < 4.78 is 5.60. The lowest BCUT2D eigenvalue weighted by Gasteiger charge is -2.06. The van der Waals surface area contributed by atoms with E-state index < -0.39 is 0 Å². The zero-order chi connectivity index (χ0) is 17.7. The van der Waals surface area contributed by atoms with Crippen LogP contribution in [0.15, 0.2) is 12.2 Å². The van der Waals surface area contributed by atoms with Crippen molar-refractivity contribution in [2.45, 2.75) is 110 Å². The largest absolute Gasteiger partial charge is 0.382 e. The summed E-state index contributed by atoms with van der Waals surface area (Å²) in [5.41, 5.74) is 0. The number of ether oxygens (including phenoxy) is 1. The van der Waals surface area contributed by atoms with Crippen LogP contribution in [0, 0.1) is 5.92 Å². The van der Waals surface area contributed by atoms with Crippen molar-refractivity contribution < 1.29 is 4.74 Å². The molecule has 0 heterocycles. The first-order valence-corrected chi connectivity index (χ1v) is 11.1. The minimum Gasteiger partial charge on any atom is -0.382 e. The molecule has 0 N–H and O–H groups in total. The van der Waals surface area contributed by atoms with E-state index in [0.717, 1.165) is 19.1 Å². The maximum atomic E-state index is 5.60. The molecule has 0 amide bonds. The Labute approximate surface area is 154 Å². The lowest BCUT2D eigenvalue weighted by Crippen LogP contribution is -1.98. The van der Waals surface area contributed by atoms with Gasteiger partial charge in [0, 0.05) is 13.2 Å². The van der Waals surface area contributed by atoms with Crippen molar-refractivity contribution in [1.29, 1.82) is 0 Å². The molecule has 0 saturated carbocycles. The van der Waals surface area contributed by atoms with Gasteiger partial charge >= 0.3 is 0 Å². The van der Waals surface area contributed by atoms with Gasteiger partial charge in [0.25, 0.3) is 0 Å². The van der Waals surface area contributed by atoms with E-state index in [4.69, 9.17) is 4.74 Å². The summed E-state index contributed by atoms with van der Waals surface area (Å²) in [7, 11) is 1.24. The van der Waals surface area contributed by atoms with Crippen LogP contribution in [0.4, 0.5) is 0 Å². The second kappa shape index (κ2) is 20.8. The van der Waals surface area contributed by atoms with Crippen molar-refractivity contribution in [2.75, 3.05) is 13.2 Å². The molecular weight excluding hydrogens is 291 g/mol. The maximum Gasteiger partial charge on any atom is 0.120 e. The van der Waals surface area contributed by atoms with E-state index in [1.807, 2.05) is 0 Å². The highest BCUT2D eigenvalue weighted by molar-refractivity contribution is 6.33. The summed E-state index contributed by atoms with van der Waals surface area (Å²) in [6.45, 7) is 8.79. The van der Waals surface area contributed by atoms with Crippen LogP contribution in [0.3, 0.4) is 0 Å². The van der Waals surface area contributed by atoms with Gasteiger partial charge in [-0.15, -0.1) is 0 Å². The van der Waals surface area contributed by atoms with Crippen molar-refractivity contribution in [3.8, 4) is 0 Å². The van der Waals surface area contributed by atoms with Gasteiger partial charge in [0.15, 0.2) is 0 Å². The monoisotopic (exact) mass is 336 g/mol. The number of hydrogen-bond donors (Lipinski definition) is 0. The number of unbranched alkanes of at least 4 members (excludes halogenated alkanes) is 10. The van der Waals surface area contributed by atoms with E-state index in [1.165, 1.54) is 97.1 Å². The molecule has 0 radical (unpaired) electrons. The Balaban J connectivity index is 3.23. The molecule has 0 aliphatic rings. The predicted octanol–water partition coefficient (Wildman–Crippen LogP) is 7.19. The summed E-state index contributed by atoms with van der Waals surface area (Å²) in [5, 5.41) is 0. The van der Waals surface area contributed by atoms with Gasteiger partial charge in [-0.1, -0.05) is 96.9 Å². The fraction of sp³-hybridized carbons (Fsp3) is 0.909. The fourth-order valence-electron chi connectivity index (χ4n) is 3.02. The molecule has 0 bridgehead atoms. The van der Waals surface area contributed by atoms with Gasteiger partial charge in [0.05, 0.1) is 0 Å². The summed E-state index contributed by atoms with van der Waals surface area (Å²) in [4.78, 5) is 0. The average molecular weight is 336 g/mol. The Morgan fingerprint density at radius 2 is 1.50 bits per heavy atom. The molecule has 24 heavy (non-hydrogen) atoms. The Hall–Kier alpha value is -0.235. The Morgan fingerprint density at radius 3 is 2.25 bits per heavy atom. The van der Waals surface area contributed by atoms with Crippen molar-refractivity contribution in [3.05, 3.63) is 12.2 Å². The number of allylic oxidation sites excluding steroid dienone is 2. The topological polar surface area (TPSA) is 9.23 Å². The molecule has 0 aromatic heterocycles. The highest BCUT2D eigenvalue weighted by Gasteiger charge is 1.98. The van der Waals surface area contributed by atoms with Gasteiger partial charge < -0.3 is 4.74 Å². The summed E-state index contributed by atoms with van der Waals surface area (Å²) in [6.07, 6.45) is 23.9. The van der Waals surface area contributed by atoms with Crippen LogP contribution in [0.2, 0.25) is 13.1 Å². The maximum absolute atomic E-state index is 5.60. The van der Waals surface area contributed by atoms with Gasteiger partial charge in [-0.3, -0.25) is 0 Å². The Morgan fingerprint density at radius 1 is 0.833 bits per heavy atom. The third kappa shape index (κ3) is 19.8. The SMILES string of the molecule is CBCCOCCCCCCC(C)/C=C/CCCCCCCCC. The summed E-state index contributed by atoms with van der Waals surface area (Å²) in [5.74, 6) is 0.760. The van der Waals surface area contributed by atoms with Crippen LogP contribution in [0.25, 0.3) is 0 Å². The van der Waals surface area contributed by atoms with E-state index in [-0.39, 0.29) is 0 Å². The molecule has 0 aromatic rings. The van der Waals surface area contributed by atoms with Crippen molar-refractivity contribution in [2.24, 2.45) is 5.92 Å². The van der Waals surface area contributed by atoms with Crippen LogP contribution in [-0.2, 0) is 4.74 Å². The molecule has 1 unspecified atom stereocenters. The summed E-state index contributed by atoms with van der Waals surface area (Å²) >= 11 is 0. The fourth-order valence-corrected chi connectivity index (χ4v) is 3.02. The van der Waals surface area contributed by atoms with E-state index in [2.05, 4.69) is 32.8 Å². The third-order valence-corrected chi connectivity index (χ3v) is 4.78. The minimum absolute atomic E-state index is 0.760. The zero-order valence-electron chi connectivity index (χ0n) is 17.2. The van der Waals surface area contributed by atoms with Crippen LogP contribution < -0.4 is 0 Å². The molecule has 0 rings (SSSR count). The van der Waals surface area contributed by atoms with Crippen molar-refractivity contribution in [3.63, 3.8) is 0 Å². The number of hydrogen-bond acceptors (Lipinski definition) is 1. The van der Waals surface area contributed by atoms with Crippen LogP contribution in [0.1, 0.15) is 97.3 Å². The normalized spacial score (nSPS) is 12.8.